The number of hydrogen-bond acceptors (Lipinski definition) is 3. The molecule has 0 atom stereocenters. The average Bonchev–Trinajstić information content (AvgIpc) is 2.45. The number of hydrogen-bond donors (Lipinski definition) is 2. The van der Waals surface area contributed by atoms with Crippen molar-refractivity contribution in [1.29, 1.82) is 0 Å². The van der Waals surface area contributed by atoms with E-state index in [4.69, 9.17) is 10.8 Å². The summed E-state index contributed by atoms with van der Waals surface area (Å²) in [6, 6.07) is 13.4. The first kappa shape index (κ1) is 15.1. The van der Waals surface area contributed by atoms with Crippen molar-refractivity contribution in [3.63, 3.8) is 0 Å². The SMILES string of the molecule is Nc1ccccc1N(CC(=O)O)C(=O)c1ccc(Br)cc1. The largest absolute Gasteiger partial charge is 0.480 e. The van der Waals surface area contributed by atoms with Crippen LogP contribution in [0.4, 0.5) is 11.4 Å². The Bertz CT molecular complexity index is 671. The Kier molecular flexibility index (Phi) is 4.59. The first-order chi connectivity index (χ1) is 9.99. The van der Waals surface area contributed by atoms with Crippen molar-refractivity contribution in [3.8, 4) is 0 Å². The summed E-state index contributed by atoms with van der Waals surface area (Å²) in [5.41, 5.74) is 6.97. The van der Waals surface area contributed by atoms with Crippen LogP contribution in [0.3, 0.4) is 0 Å². The quantitative estimate of drug-likeness (QED) is 0.832. The van der Waals surface area contributed by atoms with Crippen molar-refractivity contribution < 1.29 is 14.7 Å². The fraction of sp³-hybridized carbons (Fsp3) is 0.0667. The number of carboxylic acid groups (broad SMARTS) is 1. The Labute approximate surface area is 130 Å². The maximum atomic E-state index is 12.5. The number of amides is 1. The van der Waals surface area contributed by atoms with Crippen molar-refractivity contribution in [2.75, 3.05) is 17.2 Å². The fourth-order valence-corrected chi connectivity index (χ4v) is 2.15. The summed E-state index contributed by atoms with van der Waals surface area (Å²) in [7, 11) is 0. The maximum absolute atomic E-state index is 12.5. The lowest BCUT2D eigenvalue weighted by molar-refractivity contribution is -0.135. The zero-order valence-electron chi connectivity index (χ0n) is 11.0. The van der Waals surface area contributed by atoms with Crippen LogP contribution in [-0.4, -0.2) is 23.5 Å². The van der Waals surface area contributed by atoms with E-state index in [0.29, 0.717) is 16.9 Å². The summed E-state index contributed by atoms with van der Waals surface area (Å²) < 4.78 is 0.836. The minimum atomic E-state index is -1.11. The molecule has 108 valence electrons. The Balaban J connectivity index is 2.41. The lowest BCUT2D eigenvalue weighted by Crippen LogP contribution is -2.36. The highest BCUT2D eigenvalue weighted by molar-refractivity contribution is 9.10. The maximum Gasteiger partial charge on any atom is 0.323 e. The fourth-order valence-electron chi connectivity index (χ4n) is 1.88. The predicted molar refractivity (Wildman–Crippen MR) is 84.3 cm³/mol. The Morgan fingerprint density at radius 1 is 1.10 bits per heavy atom. The zero-order chi connectivity index (χ0) is 15.4. The minimum Gasteiger partial charge on any atom is -0.480 e. The number of carbonyl (C=O) groups excluding carboxylic acids is 1. The van der Waals surface area contributed by atoms with E-state index in [1.54, 1.807) is 48.5 Å². The topological polar surface area (TPSA) is 83.6 Å². The molecule has 0 unspecified atom stereocenters. The van der Waals surface area contributed by atoms with Crippen LogP contribution in [-0.2, 0) is 4.79 Å². The third-order valence-electron chi connectivity index (χ3n) is 2.86. The Morgan fingerprint density at radius 3 is 2.29 bits per heavy atom. The lowest BCUT2D eigenvalue weighted by atomic mass is 10.1. The van der Waals surface area contributed by atoms with Gasteiger partial charge in [-0.1, -0.05) is 28.1 Å². The van der Waals surface area contributed by atoms with Gasteiger partial charge < -0.3 is 10.8 Å². The third-order valence-corrected chi connectivity index (χ3v) is 3.39. The van der Waals surface area contributed by atoms with Gasteiger partial charge in [0.1, 0.15) is 6.54 Å². The summed E-state index contributed by atoms with van der Waals surface area (Å²) in [5.74, 6) is -1.52. The summed E-state index contributed by atoms with van der Waals surface area (Å²) in [6.07, 6.45) is 0. The van der Waals surface area contributed by atoms with Gasteiger partial charge in [-0.2, -0.15) is 0 Å². The first-order valence-electron chi connectivity index (χ1n) is 6.13. The third kappa shape index (κ3) is 3.61. The molecule has 2 rings (SSSR count). The molecule has 0 radical (unpaired) electrons. The highest BCUT2D eigenvalue weighted by atomic mass is 79.9. The Morgan fingerprint density at radius 2 is 1.71 bits per heavy atom. The predicted octanol–water partition coefficient (Wildman–Crippen LogP) is 2.76. The van der Waals surface area contributed by atoms with Crippen LogP contribution in [0.5, 0.6) is 0 Å². The van der Waals surface area contributed by atoms with E-state index in [9.17, 15) is 9.59 Å². The van der Waals surface area contributed by atoms with Crippen molar-refractivity contribution in [3.05, 3.63) is 58.6 Å². The van der Waals surface area contributed by atoms with Crippen LogP contribution in [0.25, 0.3) is 0 Å². The molecule has 0 spiro atoms. The molecule has 0 aliphatic heterocycles. The van der Waals surface area contributed by atoms with Crippen molar-refractivity contribution in [2.45, 2.75) is 0 Å². The van der Waals surface area contributed by atoms with Crippen LogP contribution < -0.4 is 10.6 Å². The van der Waals surface area contributed by atoms with Gasteiger partial charge >= 0.3 is 5.97 Å². The van der Waals surface area contributed by atoms with Gasteiger partial charge in [0.05, 0.1) is 11.4 Å². The van der Waals surface area contributed by atoms with Crippen molar-refractivity contribution in [2.24, 2.45) is 0 Å². The smallest absolute Gasteiger partial charge is 0.323 e. The number of nitrogens with zero attached hydrogens (tertiary/aromatic N) is 1. The van der Waals surface area contributed by atoms with Gasteiger partial charge in [0.25, 0.3) is 5.91 Å². The molecule has 21 heavy (non-hydrogen) atoms. The van der Waals surface area contributed by atoms with E-state index >= 15 is 0 Å². The normalized spacial score (nSPS) is 10.1. The average molecular weight is 349 g/mol. The number of carbonyl (C=O) groups is 2. The molecule has 3 N–H and O–H groups in total. The Hall–Kier alpha value is -2.34. The molecule has 0 aromatic heterocycles. The van der Waals surface area contributed by atoms with Gasteiger partial charge in [-0.3, -0.25) is 14.5 Å². The zero-order valence-corrected chi connectivity index (χ0v) is 12.6. The van der Waals surface area contributed by atoms with E-state index < -0.39 is 18.4 Å². The van der Waals surface area contributed by atoms with E-state index in [0.717, 1.165) is 9.37 Å². The summed E-state index contributed by atoms with van der Waals surface area (Å²) >= 11 is 3.29. The van der Waals surface area contributed by atoms with E-state index in [-0.39, 0.29) is 0 Å². The van der Waals surface area contributed by atoms with E-state index in [1.165, 1.54) is 0 Å². The lowest BCUT2D eigenvalue weighted by Gasteiger charge is -2.22. The highest BCUT2D eigenvalue weighted by Gasteiger charge is 2.21. The van der Waals surface area contributed by atoms with Crippen LogP contribution >= 0.6 is 15.9 Å². The first-order valence-corrected chi connectivity index (χ1v) is 6.92. The molecule has 0 saturated heterocycles. The second kappa shape index (κ2) is 6.41. The summed E-state index contributed by atoms with van der Waals surface area (Å²) in [4.78, 5) is 24.7. The molecule has 0 heterocycles. The number of halogens is 1. The van der Waals surface area contributed by atoms with Gasteiger partial charge in [-0.25, -0.2) is 0 Å². The van der Waals surface area contributed by atoms with Crippen LogP contribution in [0.15, 0.2) is 53.0 Å². The molecular formula is C15H13BrN2O3. The number of rotatable bonds is 4. The number of carboxylic acids is 1. The molecular weight excluding hydrogens is 336 g/mol. The number of nitrogens with two attached hydrogens (primary N) is 1. The molecule has 0 aliphatic rings. The molecule has 2 aromatic rings. The van der Waals surface area contributed by atoms with E-state index in [2.05, 4.69) is 15.9 Å². The molecule has 0 bridgehead atoms. The molecule has 1 amide bonds. The number of nitrogen functional groups attached to an aromatic ring is 1. The summed E-state index contributed by atoms with van der Waals surface area (Å²) in [6.45, 7) is -0.455. The van der Waals surface area contributed by atoms with Crippen LogP contribution in [0.1, 0.15) is 10.4 Å². The molecule has 0 aliphatic carbocycles. The van der Waals surface area contributed by atoms with Gasteiger partial charge in [-0.15, -0.1) is 0 Å². The molecule has 2 aromatic carbocycles. The molecule has 6 heteroatoms. The number of benzene rings is 2. The molecule has 0 fully saturated rings. The molecule has 0 saturated carbocycles. The molecule has 5 nitrogen and oxygen atoms in total. The van der Waals surface area contributed by atoms with Gasteiger partial charge in [0.2, 0.25) is 0 Å². The van der Waals surface area contributed by atoms with Gasteiger partial charge in [0, 0.05) is 10.0 Å². The second-order valence-corrected chi connectivity index (χ2v) is 5.27. The van der Waals surface area contributed by atoms with Crippen molar-refractivity contribution in [1.82, 2.24) is 0 Å². The minimum absolute atomic E-state index is 0.351. The van der Waals surface area contributed by atoms with Gasteiger partial charge in [0.15, 0.2) is 0 Å². The number of anilines is 2. The van der Waals surface area contributed by atoms with Crippen molar-refractivity contribution >= 4 is 39.2 Å². The summed E-state index contributed by atoms with van der Waals surface area (Å²) in [5, 5.41) is 9.03. The second-order valence-electron chi connectivity index (χ2n) is 4.35. The van der Waals surface area contributed by atoms with Crippen LogP contribution in [0.2, 0.25) is 0 Å². The number of para-hydroxylation sites is 2. The van der Waals surface area contributed by atoms with Crippen LogP contribution in [0, 0.1) is 0 Å². The van der Waals surface area contributed by atoms with E-state index in [1.807, 2.05) is 0 Å². The monoisotopic (exact) mass is 348 g/mol. The highest BCUT2D eigenvalue weighted by Crippen LogP contribution is 2.24. The number of aliphatic carboxylic acids is 1. The van der Waals surface area contributed by atoms with Gasteiger partial charge in [-0.05, 0) is 36.4 Å². The standard InChI is InChI=1S/C15H13BrN2O3/c16-11-7-5-10(6-8-11)15(21)18(9-14(19)20)13-4-2-1-3-12(13)17/h1-8H,9,17H2,(H,19,20).